The highest BCUT2D eigenvalue weighted by molar-refractivity contribution is 6.76. The largest absolute Gasteiger partial charge is 0.447 e. The van der Waals surface area contributed by atoms with Gasteiger partial charge in [-0.1, -0.05) is 30.3 Å². The monoisotopic (exact) mass is 366 g/mol. The lowest BCUT2D eigenvalue weighted by atomic mass is 9.58. The molecule has 136 valence electrons. The normalized spacial score (nSPS) is 13.2. The molecule has 1 aliphatic rings. The first kappa shape index (κ1) is 16.8. The molecule has 0 bridgehead atoms. The molecule has 28 heavy (non-hydrogen) atoms. The average molecular weight is 366 g/mol. The Balaban J connectivity index is 1.58. The van der Waals surface area contributed by atoms with E-state index in [0.29, 0.717) is 5.71 Å². The van der Waals surface area contributed by atoms with Crippen molar-refractivity contribution in [3.05, 3.63) is 78.3 Å². The van der Waals surface area contributed by atoms with Crippen molar-refractivity contribution in [3.63, 3.8) is 0 Å². The van der Waals surface area contributed by atoms with Crippen molar-refractivity contribution >= 4 is 35.5 Å². The standard InChI is InChI=1S/C23H21BN3O/c1-16-14-21(26(3)15-20(16)17-8-5-4-6-9-17)27-13-11-18-19-10-7-12-25-23(19)28-22(18)24(27)2/h4-15H,1-3H3/q+1. The molecule has 4 aromatic rings. The van der Waals surface area contributed by atoms with Crippen LogP contribution in [0.1, 0.15) is 11.1 Å². The molecular formula is C23H21BN3O+. The highest BCUT2D eigenvalue weighted by Gasteiger charge is 2.38. The van der Waals surface area contributed by atoms with Gasteiger partial charge in [0.15, 0.2) is 0 Å². The molecule has 0 radical (unpaired) electrons. The third-order valence-electron chi connectivity index (χ3n) is 5.54. The van der Waals surface area contributed by atoms with Gasteiger partial charge in [0.05, 0.1) is 19.4 Å². The first-order chi connectivity index (χ1) is 13.6. The molecule has 0 atom stereocenters. The van der Waals surface area contributed by atoms with Crippen LogP contribution < -0.4 is 15.0 Å². The topological polar surface area (TPSA) is 33.2 Å². The lowest BCUT2D eigenvalue weighted by molar-refractivity contribution is -0.657. The second kappa shape index (κ2) is 6.38. The number of fused-ring (bicyclic) bond motifs is 3. The van der Waals surface area contributed by atoms with E-state index in [-0.39, 0.29) is 6.85 Å². The number of rotatable bonds is 2. The second-order valence-electron chi connectivity index (χ2n) is 7.34. The van der Waals surface area contributed by atoms with E-state index in [0.717, 1.165) is 22.4 Å². The average Bonchev–Trinajstić information content (AvgIpc) is 3.10. The number of hydrogen-bond acceptors (Lipinski definition) is 3. The summed E-state index contributed by atoms with van der Waals surface area (Å²) < 4.78 is 8.29. The van der Waals surface area contributed by atoms with Gasteiger partial charge >= 0.3 is 6.85 Å². The maximum atomic E-state index is 6.10. The minimum Gasteiger partial charge on any atom is -0.447 e. The molecule has 4 heterocycles. The lowest BCUT2D eigenvalue weighted by Crippen LogP contribution is -2.50. The molecular weight excluding hydrogens is 345 g/mol. The molecule has 0 saturated heterocycles. The summed E-state index contributed by atoms with van der Waals surface area (Å²) in [5, 5.41) is 1.07. The number of furan rings is 1. The minimum atomic E-state index is 0.0855. The van der Waals surface area contributed by atoms with Gasteiger partial charge < -0.3 is 4.42 Å². The molecule has 0 aliphatic carbocycles. The summed E-state index contributed by atoms with van der Waals surface area (Å²) in [6.45, 7) is 4.42. The summed E-state index contributed by atoms with van der Waals surface area (Å²) in [5.74, 6) is 1.12. The molecule has 0 unspecified atom stereocenters. The molecule has 5 rings (SSSR count). The van der Waals surface area contributed by atoms with Crippen molar-refractivity contribution in [3.8, 4) is 11.1 Å². The fourth-order valence-corrected chi connectivity index (χ4v) is 4.05. The molecule has 0 N–H and O–H groups in total. The zero-order chi connectivity index (χ0) is 19.3. The minimum absolute atomic E-state index is 0.0855. The van der Waals surface area contributed by atoms with Gasteiger partial charge in [-0.3, -0.25) is 4.81 Å². The first-order valence-corrected chi connectivity index (χ1v) is 9.53. The van der Waals surface area contributed by atoms with Crippen molar-refractivity contribution in [2.75, 3.05) is 4.81 Å². The van der Waals surface area contributed by atoms with Gasteiger partial charge in [-0.25, -0.2) is 9.55 Å². The number of hydrogen-bond donors (Lipinski definition) is 0. The molecule has 4 nitrogen and oxygen atoms in total. The van der Waals surface area contributed by atoms with E-state index in [1.807, 2.05) is 12.1 Å². The van der Waals surface area contributed by atoms with Crippen molar-refractivity contribution in [1.29, 1.82) is 0 Å². The predicted molar refractivity (Wildman–Crippen MR) is 115 cm³/mol. The zero-order valence-corrected chi connectivity index (χ0v) is 16.3. The van der Waals surface area contributed by atoms with Crippen LogP contribution in [0, 0.1) is 6.92 Å². The Hall–Kier alpha value is -3.34. The van der Waals surface area contributed by atoms with E-state index >= 15 is 0 Å². The van der Waals surface area contributed by atoms with Crippen LogP contribution in [-0.4, -0.2) is 11.8 Å². The van der Waals surface area contributed by atoms with E-state index < -0.39 is 0 Å². The van der Waals surface area contributed by atoms with Crippen LogP contribution in [0.15, 0.2) is 71.5 Å². The quantitative estimate of drug-likeness (QED) is 0.398. The highest BCUT2D eigenvalue weighted by atomic mass is 16.3. The van der Waals surface area contributed by atoms with Gasteiger partial charge in [-0.15, -0.1) is 0 Å². The van der Waals surface area contributed by atoms with E-state index in [9.17, 15) is 0 Å². The summed E-state index contributed by atoms with van der Waals surface area (Å²) >= 11 is 0. The van der Waals surface area contributed by atoms with Crippen molar-refractivity contribution in [2.45, 2.75) is 13.7 Å². The van der Waals surface area contributed by atoms with Gasteiger partial charge in [0.1, 0.15) is 5.66 Å². The summed E-state index contributed by atoms with van der Waals surface area (Å²) in [6.07, 6.45) is 8.25. The molecule has 1 aliphatic heterocycles. The molecule has 5 heteroatoms. The van der Waals surface area contributed by atoms with Gasteiger partial charge in [0.2, 0.25) is 5.71 Å². The maximum absolute atomic E-state index is 6.10. The van der Waals surface area contributed by atoms with Gasteiger partial charge in [0.25, 0.3) is 5.82 Å². The van der Waals surface area contributed by atoms with Crippen LogP contribution in [0.25, 0.3) is 28.3 Å². The smallest absolute Gasteiger partial charge is 0.447 e. The number of benzene rings is 1. The Kier molecular flexibility index (Phi) is 3.83. The molecule has 1 aromatic carbocycles. The third-order valence-corrected chi connectivity index (χ3v) is 5.54. The SMILES string of the molecule is CB1c2oc3ncccc3c2C=CN1c1cc(C)c(-c2ccccc2)c[n+]1C. The molecule has 3 aromatic heterocycles. The maximum Gasteiger partial charge on any atom is 0.447 e. The van der Waals surface area contributed by atoms with Crippen molar-refractivity contribution in [1.82, 2.24) is 4.98 Å². The number of aryl methyl sites for hydroxylation is 2. The summed E-state index contributed by atoms with van der Waals surface area (Å²) in [6, 6.07) is 16.8. The Labute approximate surface area is 164 Å². The molecule has 0 amide bonds. The lowest BCUT2D eigenvalue weighted by Gasteiger charge is -2.22. The Morgan fingerprint density at radius 1 is 1.11 bits per heavy atom. The van der Waals surface area contributed by atoms with Crippen LogP contribution in [0.4, 0.5) is 5.82 Å². The number of anilines is 1. The van der Waals surface area contributed by atoms with Gasteiger partial charge in [0, 0.05) is 28.8 Å². The fraction of sp³-hybridized carbons (Fsp3) is 0.130. The highest BCUT2D eigenvalue weighted by Crippen LogP contribution is 2.28. The summed E-state index contributed by atoms with van der Waals surface area (Å²) in [7, 11) is 2.09. The Bertz CT molecular complexity index is 1210. The van der Waals surface area contributed by atoms with E-state index in [4.69, 9.17) is 4.42 Å². The van der Waals surface area contributed by atoms with Gasteiger partial charge in [-0.05, 0) is 43.1 Å². The van der Waals surface area contributed by atoms with Crippen molar-refractivity contribution in [2.24, 2.45) is 7.05 Å². The first-order valence-electron chi connectivity index (χ1n) is 9.53. The second-order valence-corrected chi connectivity index (χ2v) is 7.34. The van der Waals surface area contributed by atoms with Crippen LogP contribution in [-0.2, 0) is 7.05 Å². The molecule has 0 spiro atoms. The van der Waals surface area contributed by atoms with Crippen molar-refractivity contribution < 1.29 is 8.98 Å². The van der Waals surface area contributed by atoms with Crippen LogP contribution in [0.2, 0.25) is 6.82 Å². The molecule has 0 saturated carbocycles. The summed E-state index contributed by atoms with van der Waals surface area (Å²) in [5.41, 5.74) is 6.51. The van der Waals surface area contributed by atoms with Crippen LogP contribution in [0.5, 0.6) is 0 Å². The van der Waals surface area contributed by atoms with Gasteiger partial charge in [-0.2, -0.15) is 0 Å². The molecule has 0 fully saturated rings. The fourth-order valence-electron chi connectivity index (χ4n) is 4.05. The summed E-state index contributed by atoms with van der Waals surface area (Å²) in [4.78, 5) is 6.63. The third kappa shape index (κ3) is 2.54. The number of nitrogens with zero attached hydrogens (tertiary/aromatic N) is 3. The van der Waals surface area contributed by atoms with Crippen LogP contribution >= 0.6 is 0 Å². The van der Waals surface area contributed by atoms with Crippen LogP contribution in [0.3, 0.4) is 0 Å². The number of aromatic nitrogens is 2. The Morgan fingerprint density at radius 2 is 1.93 bits per heavy atom. The Morgan fingerprint density at radius 3 is 2.75 bits per heavy atom. The zero-order valence-electron chi connectivity index (χ0n) is 16.3. The van der Waals surface area contributed by atoms with E-state index in [2.05, 4.69) is 90.0 Å². The number of pyridine rings is 2. The predicted octanol–water partition coefficient (Wildman–Crippen LogP) is 3.95. The van der Waals surface area contributed by atoms with E-state index in [1.54, 1.807) is 6.20 Å². The van der Waals surface area contributed by atoms with E-state index in [1.165, 1.54) is 16.7 Å².